The van der Waals surface area contributed by atoms with Crippen molar-refractivity contribution in [3.8, 4) is 0 Å². The summed E-state index contributed by atoms with van der Waals surface area (Å²) < 4.78 is 5.49. The number of allylic oxidation sites excluding steroid dienone is 2. The summed E-state index contributed by atoms with van der Waals surface area (Å²) in [5.41, 5.74) is 0. The van der Waals surface area contributed by atoms with Crippen LogP contribution in [0.4, 0.5) is 0 Å². The molecule has 6 heteroatoms. The highest BCUT2D eigenvalue weighted by atomic mass is 16.5. The number of carbonyl (C=O) groups is 2. The maximum absolute atomic E-state index is 12.6. The van der Waals surface area contributed by atoms with Crippen molar-refractivity contribution in [1.82, 2.24) is 5.32 Å². The molecule has 0 saturated heterocycles. The molecule has 0 aromatic carbocycles. The van der Waals surface area contributed by atoms with E-state index in [1.807, 2.05) is 0 Å². The molecule has 0 spiro atoms. The second-order valence-corrected chi connectivity index (χ2v) is 26.0. The highest BCUT2D eigenvalue weighted by Crippen LogP contribution is 2.20. The fourth-order valence-electron chi connectivity index (χ4n) is 12.1. The van der Waals surface area contributed by atoms with Crippen LogP contribution in [0.3, 0.4) is 0 Å². The maximum Gasteiger partial charge on any atom is 0.305 e. The topological polar surface area (TPSA) is 95.9 Å². The van der Waals surface area contributed by atoms with Crippen LogP contribution in [0.25, 0.3) is 0 Å². The lowest BCUT2D eigenvalue weighted by Gasteiger charge is -2.22. The Bertz CT molecular complexity index is 1220. The van der Waals surface area contributed by atoms with Gasteiger partial charge in [0.1, 0.15) is 0 Å². The molecule has 0 bridgehead atoms. The number of amides is 1. The van der Waals surface area contributed by atoms with E-state index in [-0.39, 0.29) is 18.5 Å². The van der Waals surface area contributed by atoms with Crippen molar-refractivity contribution in [1.29, 1.82) is 0 Å². The van der Waals surface area contributed by atoms with Crippen molar-refractivity contribution in [3.05, 3.63) is 12.2 Å². The van der Waals surface area contributed by atoms with Crippen LogP contribution in [-0.4, -0.2) is 47.4 Å². The minimum Gasteiger partial charge on any atom is -0.466 e. The van der Waals surface area contributed by atoms with E-state index in [1.165, 1.54) is 353 Å². The molecule has 0 aliphatic carbocycles. The van der Waals surface area contributed by atoms with Crippen molar-refractivity contribution in [2.24, 2.45) is 0 Å². The van der Waals surface area contributed by atoms with E-state index in [9.17, 15) is 19.8 Å². The number of rotatable bonds is 71. The summed E-state index contributed by atoms with van der Waals surface area (Å²) >= 11 is 0. The lowest BCUT2D eigenvalue weighted by Crippen LogP contribution is -2.45. The molecule has 3 N–H and O–H groups in total. The van der Waals surface area contributed by atoms with Gasteiger partial charge in [-0.25, -0.2) is 0 Å². The Hall–Kier alpha value is -1.40. The standard InChI is InChI=1S/C75H147NO5/c1-3-5-7-9-11-13-15-17-18-19-20-34-37-40-44-47-51-55-59-63-67-73(78)72(71-77)76-74(79)68-64-60-56-52-48-45-41-38-35-32-30-28-26-24-22-21-23-25-27-29-31-33-36-39-42-46-50-54-58-62-66-70-81-75(80)69-65-61-57-53-49-43-16-14-12-10-8-6-4-2/h14,16,72-73,77-78H,3-13,15,17-71H2,1-2H3,(H,76,79)/b16-14-. The van der Waals surface area contributed by atoms with Gasteiger partial charge in [-0.2, -0.15) is 0 Å². The Balaban J connectivity index is 3.33. The summed E-state index contributed by atoms with van der Waals surface area (Å²) in [5.74, 6) is -0.0132. The molecule has 1 amide bonds. The van der Waals surface area contributed by atoms with E-state index in [0.29, 0.717) is 25.9 Å². The SMILES string of the molecule is CCCCCC/C=C\CCCCCCCC(=O)OCCCCCCCCCCCCCCCCCCCCCCCCCCCCCCCCCC(=O)NC(CO)C(O)CCCCCCCCCCCCCCCCCCCCCC. The largest absolute Gasteiger partial charge is 0.466 e. The van der Waals surface area contributed by atoms with Crippen molar-refractivity contribution >= 4 is 11.9 Å². The molecule has 482 valence electrons. The van der Waals surface area contributed by atoms with Gasteiger partial charge in [-0.3, -0.25) is 9.59 Å². The van der Waals surface area contributed by atoms with Crippen molar-refractivity contribution in [3.63, 3.8) is 0 Å². The molecule has 0 aromatic heterocycles. The number of nitrogens with one attached hydrogen (secondary N) is 1. The molecular weight excluding hydrogens is 995 g/mol. The minimum absolute atomic E-state index is 0.0124. The molecule has 2 atom stereocenters. The average molecular weight is 1140 g/mol. The van der Waals surface area contributed by atoms with E-state index >= 15 is 0 Å². The van der Waals surface area contributed by atoms with Gasteiger partial charge in [-0.15, -0.1) is 0 Å². The normalized spacial score (nSPS) is 12.5. The third-order valence-electron chi connectivity index (χ3n) is 17.8. The molecule has 0 aliphatic heterocycles. The van der Waals surface area contributed by atoms with Crippen LogP contribution in [0.15, 0.2) is 12.2 Å². The van der Waals surface area contributed by atoms with E-state index in [2.05, 4.69) is 31.3 Å². The predicted molar refractivity (Wildman–Crippen MR) is 357 cm³/mol. The molecule has 81 heavy (non-hydrogen) atoms. The number of esters is 1. The van der Waals surface area contributed by atoms with Gasteiger partial charge in [-0.1, -0.05) is 379 Å². The molecule has 0 rings (SSSR count). The van der Waals surface area contributed by atoms with Gasteiger partial charge in [0.25, 0.3) is 0 Å². The number of hydrogen-bond donors (Lipinski definition) is 3. The molecule has 0 aliphatic rings. The maximum atomic E-state index is 12.6. The first-order valence-corrected chi connectivity index (χ1v) is 37.4. The van der Waals surface area contributed by atoms with Crippen molar-refractivity contribution < 1.29 is 24.5 Å². The highest BCUT2D eigenvalue weighted by Gasteiger charge is 2.20. The fourth-order valence-corrected chi connectivity index (χ4v) is 12.1. The van der Waals surface area contributed by atoms with Gasteiger partial charge in [0.05, 0.1) is 25.4 Å². The second-order valence-electron chi connectivity index (χ2n) is 26.0. The Morgan fingerprint density at radius 1 is 0.333 bits per heavy atom. The smallest absolute Gasteiger partial charge is 0.305 e. The lowest BCUT2D eigenvalue weighted by molar-refractivity contribution is -0.143. The molecule has 6 nitrogen and oxygen atoms in total. The third-order valence-corrected chi connectivity index (χ3v) is 17.8. The number of aliphatic hydroxyl groups is 2. The van der Waals surface area contributed by atoms with Crippen LogP contribution in [0.2, 0.25) is 0 Å². The van der Waals surface area contributed by atoms with Gasteiger partial charge in [0, 0.05) is 12.8 Å². The second kappa shape index (κ2) is 71.1. The van der Waals surface area contributed by atoms with Crippen molar-refractivity contribution in [2.75, 3.05) is 13.2 Å². The molecular formula is C75H147NO5. The summed E-state index contributed by atoms with van der Waals surface area (Å²) in [6.45, 7) is 4.98. The van der Waals surface area contributed by atoms with Gasteiger partial charge in [0.15, 0.2) is 0 Å². The number of ether oxygens (including phenoxy) is 1. The van der Waals surface area contributed by atoms with Crippen LogP contribution in [-0.2, 0) is 14.3 Å². The first kappa shape index (κ1) is 79.6. The minimum atomic E-state index is -0.661. The molecule has 0 fully saturated rings. The molecule has 0 radical (unpaired) electrons. The fraction of sp³-hybridized carbons (Fsp3) is 0.947. The van der Waals surface area contributed by atoms with Crippen molar-refractivity contribution in [2.45, 2.75) is 443 Å². The third kappa shape index (κ3) is 67.6. The highest BCUT2D eigenvalue weighted by molar-refractivity contribution is 5.76. The van der Waals surface area contributed by atoms with E-state index in [1.54, 1.807) is 0 Å². The van der Waals surface area contributed by atoms with E-state index < -0.39 is 12.1 Å². The Morgan fingerprint density at radius 2 is 0.580 bits per heavy atom. The molecule has 0 saturated carbocycles. The van der Waals surface area contributed by atoms with Gasteiger partial charge >= 0.3 is 5.97 Å². The predicted octanol–water partition coefficient (Wildman–Crippen LogP) is 24.3. The van der Waals surface area contributed by atoms with Crippen LogP contribution in [0, 0.1) is 0 Å². The Labute approximate surface area is 508 Å². The zero-order chi connectivity index (χ0) is 58.5. The number of aliphatic hydroxyl groups excluding tert-OH is 2. The Kier molecular flexibility index (Phi) is 69.9. The number of unbranched alkanes of at least 4 members (excludes halogenated alkanes) is 58. The van der Waals surface area contributed by atoms with Crippen LogP contribution < -0.4 is 5.32 Å². The first-order chi connectivity index (χ1) is 40.0. The summed E-state index contributed by atoms with van der Waals surface area (Å²) in [6, 6.07) is -0.538. The average Bonchev–Trinajstić information content (AvgIpc) is 3.47. The lowest BCUT2D eigenvalue weighted by atomic mass is 10.0. The van der Waals surface area contributed by atoms with Crippen LogP contribution in [0.1, 0.15) is 431 Å². The monoisotopic (exact) mass is 1140 g/mol. The number of carbonyl (C=O) groups excluding carboxylic acids is 2. The summed E-state index contributed by atoms with van der Waals surface area (Å²) in [6.07, 6.45) is 88.6. The first-order valence-electron chi connectivity index (χ1n) is 37.4. The zero-order valence-electron chi connectivity index (χ0n) is 55.3. The van der Waals surface area contributed by atoms with E-state index in [4.69, 9.17) is 4.74 Å². The van der Waals surface area contributed by atoms with Gasteiger partial charge in [-0.05, 0) is 51.4 Å². The summed E-state index contributed by atoms with van der Waals surface area (Å²) in [5, 5.41) is 23.4. The summed E-state index contributed by atoms with van der Waals surface area (Å²) in [4.78, 5) is 24.6. The zero-order valence-corrected chi connectivity index (χ0v) is 55.3. The van der Waals surface area contributed by atoms with Gasteiger partial charge < -0.3 is 20.3 Å². The molecule has 2 unspecified atom stereocenters. The molecule has 0 heterocycles. The molecule has 0 aromatic rings. The summed E-state index contributed by atoms with van der Waals surface area (Å²) in [7, 11) is 0. The van der Waals surface area contributed by atoms with E-state index in [0.717, 1.165) is 44.9 Å². The van der Waals surface area contributed by atoms with Gasteiger partial charge in [0.2, 0.25) is 5.91 Å². The Morgan fingerprint density at radius 3 is 0.889 bits per heavy atom. The van der Waals surface area contributed by atoms with Crippen LogP contribution >= 0.6 is 0 Å². The number of hydrogen-bond acceptors (Lipinski definition) is 5. The quantitative estimate of drug-likeness (QED) is 0.0320. The van der Waals surface area contributed by atoms with Crippen LogP contribution in [0.5, 0.6) is 0 Å².